The van der Waals surface area contributed by atoms with Crippen molar-refractivity contribution in [3.8, 4) is 5.95 Å². The third-order valence-electron chi connectivity index (χ3n) is 6.07. The summed E-state index contributed by atoms with van der Waals surface area (Å²) in [6, 6.07) is 4.84. The van der Waals surface area contributed by atoms with Gasteiger partial charge in [-0.3, -0.25) is 9.89 Å². The minimum absolute atomic E-state index is 0.00518. The molecular weight excluding hydrogens is 390 g/mol. The van der Waals surface area contributed by atoms with Gasteiger partial charge in [-0.2, -0.15) is 4.68 Å². The summed E-state index contributed by atoms with van der Waals surface area (Å²) in [5, 5.41) is 3.16. The highest BCUT2D eigenvalue weighted by Gasteiger charge is 2.23. The van der Waals surface area contributed by atoms with Gasteiger partial charge in [0.25, 0.3) is 5.56 Å². The molecule has 2 aliphatic carbocycles. The zero-order valence-electron chi connectivity index (χ0n) is 16.2. The minimum atomic E-state index is -3.59. The fourth-order valence-electron chi connectivity index (χ4n) is 4.49. The fraction of sp³-hybridized carbons (Fsp3) is 0.500. The number of rotatable bonds is 4. The van der Waals surface area contributed by atoms with Gasteiger partial charge in [0.05, 0.1) is 15.9 Å². The Morgan fingerprint density at radius 2 is 1.86 bits per heavy atom. The van der Waals surface area contributed by atoms with Crippen molar-refractivity contribution in [1.29, 1.82) is 0 Å². The van der Waals surface area contributed by atoms with E-state index in [9.17, 15) is 13.2 Å². The van der Waals surface area contributed by atoms with Crippen LogP contribution in [0.15, 0.2) is 27.9 Å². The Bertz CT molecular complexity index is 1210. The summed E-state index contributed by atoms with van der Waals surface area (Å²) < 4.78 is 29.9. The molecule has 0 radical (unpaired) electrons. The summed E-state index contributed by atoms with van der Waals surface area (Å²) in [6.07, 6.45) is 8.81. The molecular formula is C20H25N5O3S. The van der Waals surface area contributed by atoms with E-state index in [0.717, 1.165) is 62.6 Å². The number of aryl methyl sites for hydroxylation is 1. The van der Waals surface area contributed by atoms with E-state index in [1.165, 1.54) is 11.1 Å². The molecule has 3 N–H and O–H groups in total. The largest absolute Gasteiger partial charge is 0.322 e. The molecule has 1 aromatic carbocycles. The topological polar surface area (TPSA) is 113 Å². The molecule has 0 amide bonds. The van der Waals surface area contributed by atoms with Gasteiger partial charge in [-0.1, -0.05) is 19.3 Å². The highest BCUT2D eigenvalue weighted by Crippen LogP contribution is 2.23. The first-order valence-corrected chi connectivity index (χ1v) is 11.8. The molecule has 1 fully saturated rings. The Balaban J connectivity index is 1.48. The van der Waals surface area contributed by atoms with Gasteiger partial charge in [-0.05, 0) is 56.7 Å². The van der Waals surface area contributed by atoms with Crippen LogP contribution in [0.4, 0.5) is 0 Å². The van der Waals surface area contributed by atoms with E-state index in [1.807, 2.05) is 0 Å². The summed E-state index contributed by atoms with van der Waals surface area (Å²) in [5.74, 6) is 0.384. The minimum Gasteiger partial charge on any atom is -0.322 e. The summed E-state index contributed by atoms with van der Waals surface area (Å²) in [4.78, 5) is 20.5. The molecule has 0 saturated heterocycles. The molecule has 2 heterocycles. The molecule has 0 bridgehead atoms. The smallest absolute Gasteiger partial charge is 0.277 e. The number of imidazole rings is 1. The second-order valence-corrected chi connectivity index (χ2v) is 9.83. The number of nitrogens with zero attached hydrogens (tertiary/aromatic N) is 2. The summed E-state index contributed by atoms with van der Waals surface area (Å²) >= 11 is 0. The van der Waals surface area contributed by atoms with Crippen molar-refractivity contribution in [3.63, 3.8) is 0 Å². The molecule has 3 aromatic rings. The van der Waals surface area contributed by atoms with Crippen LogP contribution in [0.1, 0.15) is 56.2 Å². The predicted octanol–water partition coefficient (Wildman–Crippen LogP) is 2.53. The lowest BCUT2D eigenvalue weighted by atomic mass is 9.96. The average molecular weight is 416 g/mol. The van der Waals surface area contributed by atoms with Crippen molar-refractivity contribution < 1.29 is 8.42 Å². The molecule has 2 aromatic heterocycles. The van der Waals surface area contributed by atoms with Gasteiger partial charge in [-0.25, -0.2) is 18.1 Å². The number of aromatic nitrogens is 4. The molecule has 0 aliphatic heterocycles. The zero-order chi connectivity index (χ0) is 20.0. The third kappa shape index (κ3) is 3.42. The van der Waals surface area contributed by atoms with Gasteiger partial charge in [0, 0.05) is 17.3 Å². The third-order valence-corrected chi connectivity index (χ3v) is 7.58. The number of sulfonamides is 1. The van der Waals surface area contributed by atoms with E-state index in [1.54, 1.807) is 18.2 Å². The summed E-state index contributed by atoms with van der Waals surface area (Å²) in [7, 11) is -3.59. The Kier molecular flexibility index (Phi) is 4.59. The van der Waals surface area contributed by atoms with Gasteiger partial charge >= 0.3 is 0 Å². The highest BCUT2D eigenvalue weighted by atomic mass is 32.2. The maximum absolute atomic E-state index is 12.8. The first-order valence-electron chi connectivity index (χ1n) is 10.4. The maximum Gasteiger partial charge on any atom is 0.277 e. The standard InChI is InChI=1S/C20H25N5O3S/c26-19-15-8-4-5-9-16(15)23-25(19)20-21-17-11-10-14(12-18(17)22-20)29(27,28)24-13-6-2-1-3-7-13/h10-13,23-24H,1-9H2,(H,21,22). The monoisotopic (exact) mass is 415 g/mol. The first kappa shape index (κ1) is 18.6. The molecule has 1 saturated carbocycles. The van der Waals surface area contributed by atoms with E-state index in [0.29, 0.717) is 17.0 Å². The van der Waals surface area contributed by atoms with Crippen molar-refractivity contribution in [2.45, 2.75) is 68.7 Å². The van der Waals surface area contributed by atoms with Gasteiger partial charge in [-0.15, -0.1) is 0 Å². The molecule has 2 aliphatic rings. The number of hydrogen-bond donors (Lipinski definition) is 3. The van der Waals surface area contributed by atoms with Crippen molar-refractivity contribution in [2.75, 3.05) is 0 Å². The van der Waals surface area contributed by atoms with Crippen LogP contribution in [0.2, 0.25) is 0 Å². The molecule has 0 atom stereocenters. The SMILES string of the molecule is O=c1c2c([nH]n1-c1nc3ccc(S(=O)(=O)NC4CCCCC4)cc3[nH]1)CCCC2. The van der Waals surface area contributed by atoms with Crippen LogP contribution < -0.4 is 10.3 Å². The van der Waals surface area contributed by atoms with E-state index in [-0.39, 0.29) is 16.5 Å². The molecule has 5 rings (SSSR count). The first-order chi connectivity index (χ1) is 14.0. The van der Waals surface area contributed by atoms with Crippen LogP contribution in [0.3, 0.4) is 0 Å². The van der Waals surface area contributed by atoms with Crippen LogP contribution in [-0.4, -0.2) is 34.2 Å². The number of benzene rings is 1. The number of nitrogens with one attached hydrogen (secondary N) is 3. The maximum atomic E-state index is 12.8. The van der Waals surface area contributed by atoms with Crippen LogP contribution in [0, 0.1) is 0 Å². The molecule has 0 spiro atoms. The molecule has 9 heteroatoms. The van der Waals surface area contributed by atoms with Crippen LogP contribution in [-0.2, 0) is 22.9 Å². The Morgan fingerprint density at radius 3 is 2.66 bits per heavy atom. The van der Waals surface area contributed by atoms with Crippen molar-refractivity contribution in [2.24, 2.45) is 0 Å². The van der Waals surface area contributed by atoms with E-state index in [4.69, 9.17) is 0 Å². The zero-order valence-corrected chi connectivity index (χ0v) is 17.0. The van der Waals surface area contributed by atoms with Gasteiger partial charge in [0.1, 0.15) is 0 Å². The van der Waals surface area contributed by atoms with Crippen LogP contribution in [0.25, 0.3) is 17.0 Å². The van der Waals surface area contributed by atoms with E-state index < -0.39 is 10.0 Å². The number of H-pyrrole nitrogens is 2. The molecule has 29 heavy (non-hydrogen) atoms. The molecule has 154 valence electrons. The number of fused-ring (bicyclic) bond motifs is 2. The average Bonchev–Trinajstić information content (AvgIpc) is 3.29. The van der Waals surface area contributed by atoms with Gasteiger partial charge < -0.3 is 4.98 Å². The lowest BCUT2D eigenvalue weighted by molar-refractivity contribution is 0.412. The summed E-state index contributed by atoms with van der Waals surface area (Å²) in [5.41, 5.74) is 2.94. The summed E-state index contributed by atoms with van der Waals surface area (Å²) in [6.45, 7) is 0. The molecule has 0 unspecified atom stereocenters. The van der Waals surface area contributed by atoms with Crippen molar-refractivity contribution in [1.82, 2.24) is 24.5 Å². The van der Waals surface area contributed by atoms with Crippen LogP contribution >= 0.6 is 0 Å². The lowest BCUT2D eigenvalue weighted by Crippen LogP contribution is -2.36. The second kappa shape index (κ2) is 7.14. The Labute approximate surface area is 168 Å². The normalized spacial score (nSPS) is 18.2. The van der Waals surface area contributed by atoms with Crippen molar-refractivity contribution in [3.05, 3.63) is 39.8 Å². The van der Waals surface area contributed by atoms with E-state index >= 15 is 0 Å². The van der Waals surface area contributed by atoms with Crippen molar-refractivity contribution >= 4 is 21.1 Å². The number of aromatic amines is 2. The molecule has 8 nitrogen and oxygen atoms in total. The number of hydrogen-bond acceptors (Lipinski definition) is 4. The van der Waals surface area contributed by atoms with Gasteiger partial charge in [0.2, 0.25) is 16.0 Å². The Morgan fingerprint density at radius 1 is 1.07 bits per heavy atom. The van der Waals surface area contributed by atoms with Crippen LogP contribution in [0.5, 0.6) is 0 Å². The van der Waals surface area contributed by atoms with Gasteiger partial charge in [0.15, 0.2) is 0 Å². The Hall–Kier alpha value is -2.39. The van der Waals surface area contributed by atoms with E-state index in [2.05, 4.69) is 19.8 Å². The highest BCUT2D eigenvalue weighted by molar-refractivity contribution is 7.89. The lowest BCUT2D eigenvalue weighted by Gasteiger charge is -2.22. The fourth-order valence-corrected chi connectivity index (χ4v) is 5.82. The quantitative estimate of drug-likeness (QED) is 0.608. The second-order valence-electron chi connectivity index (χ2n) is 8.11. The predicted molar refractivity (Wildman–Crippen MR) is 110 cm³/mol.